The largest absolute Gasteiger partial charge is 0.695 e. The molecule has 10 unspecified atom stereocenters. The maximum absolute atomic E-state index is 17.7. The Bertz CT molecular complexity index is 1100. The Hall–Kier alpha value is -1.55. The van der Waals surface area contributed by atoms with Crippen molar-refractivity contribution in [3.05, 3.63) is 23.8 Å². The third kappa shape index (κ3) is 3.82. The first kappa shape index (κ1) is 28.5. The molecule has 0 spiro atoms. The van der Waals surface area contributed by atoms with Crippen LogP contribution in [0, 0.1) is 28.6 Å². The van der Waals surface area contributed by atoms with E-state index in [9.17, 15) is 28.2 Å². The van der Waals surface area contributed by atoms with E-state index in [0.29, 0.717) is 11.8 Å². The van der Waals surface area contributed by atoms with E-state index in [4.69, 9.17) is 9.26 Å². The molecule has 3 fully saturated rings. The van der Waals surface area contributed by atoms with Crippen LogP contribution in [0.25, 0.3) is 0 Å². The molecule has 0 aromatic rings. The second-order valence-corrected chi connectivity index (χ2v) is 12.5. The van der Waals surface area contributed by atoms with Crippen molar-refractivity contribution in [2.45, 2.75) is 76.9 Å². The van der Waals surface area contributed by atoms with Gasteiger partial charge in [-0.2, -0.15) is 0 Å². The molecule has 0 aromatic carbocycles. The average molecular weight is 564 g/mol. The van der Waals surface area contributed by atoms with Gasteiger partial charge in [-0.1, -0.05) is 26.8 Å². The van der Waals surface area contributed by atoms with Gasteiger partial charge in [0.2, 0.25) is 5.12 Å². The quantitative estimate of drug-likeness (QED) is 0.351. The molecule has 0 heterocycles. The fraction of sp³-hybridized carbons (Fsp3) is 0.720. The van der Waals surface area contributed by atoms with Crippen LogP contribution in [0.3, 0.4) is 0 Å². The Morgan fingerprint density at radius 1 is 1.27 bits per heavy atom. The molecule has 7 nitrogen and oxygen atoms in total. The van der Waals surface area contributed by atoms with E-state index in [1.807, 2.05) is 0 Å². The lowest BCUT2D eigenvalue weighted by Gasteiger charge is -2.62. The second kappa shape index (κ2) is 9.57. The van der Waals surface area contributed by atoms with E-state index < -0.39 is 83.3 Å². The molecule has 204 valence electrons. The van der Waals surface area contributed by atoms with Gasteiger partial charge in [0.05, 0.1) is 0 Å². The first-order valence-electron chi connectivity index (χ1n) is 12.3. The molecule has 12 heteroatoms. The maximum atomic E-state index is 17.7. The number of fused-ring (bicyclic) bond motifs is 5. The Morgan fingerprint density at radius 3 is 2.54 bits per heavy atom. The maximum Gasteiger partial charge on any atom is 0.695 e. The molecule has 0 aliphatic heterocycles. The summed E-state index contributed by atoms with van der Waals surface area (Å²) >= 11 is 0.343. The van der Waals surface area contributed by atoms with Crippen LogP contribution in [-0.2, 0) is 28.2 Å². The van der Waals surface area contributed by atoms with E-state index in [-0.39, 0.29) is 31.3 Å². The van der Waals surface area contributed by atoms with Gasteiger partial charge in [0.1, 0.15) is 12.2 Å². The summed E-state index contributed by atoms with van der Waals surface area (Å²) < 4.78 is 69.9. The molecule has 0 bridgehead atoms. The molecule has 37 heavy (non-hydrogen) atoms. The second-order valence-electron chi connectivity index (χ2n) is 10.9. The van der Waals surface area contributed by atoms with Crippen molar-refractivity contribution >= 4 is 36.9 Å². The molecule has 0 radical (unpaired) electrons. The third-order valence-corrected chi connectivity index (χ3v) is 10.5. The van der Waals surface area contributed by atoms with Gasteiger partial charge in [-0.05, 0) is 61.6 Å². The highest BCUT2D eigenvalue weighted by Crippen LogP contribution is 2.73. The summed E-state index contributed by atoms with van der Waals surface area (Å²) in [5, 5.41) is -0.740. The minimum Gasteiger partial charge on any atom is -0.449 e. The van der Waals surface area contributed by atoms with Gasteiger partial charge >= 0.3 is 14.2 Å². The lowest BCUT2D eigenvalue weighted by molar-refractivity contribution is -0.223. The molecule has 0 aromatic heterocycles. The first-order chi connectivity index (χ1) is 17.2. The van der Waals surface area contributed by atoms with Gasteiger partial charge < -0.3 is 4.74 Å². The Kier molecular flexibility index (Phi) is 7.36. The van der Waals surface area contributed by atoms with Crippen molar-refractivity contribution in [2.24, 2.45) is 28.6 Å². The fourth-order valence-electron chi connectivity index (χ4n) is 7.81. The van der Waals surface area contributed by atoms with Gasteiger partial charge in [0.15, 0.2) is 23.2 Å². The van der Waals surface area contributed by atoms with Crippen LogP contribution in [-0.4, -0.2) is 51.3 Å². The molecule has 4 rings (SSSR count). The van der Waals surface area contributed by atoms with Gasteiger partial charge in [-0.15, -0.1) is 9.42 Å². The lowest BCUT2D eigenvalue weighted by atomic mass is 9.44. The van der Waals surface area contributed by atoms with Crippen LogP contribution in [0.4, 0.5) is 13.2 Å². The standard InChI is InChI=1S/C25H30F3O7PS/c1-5-20(30)34-25(21(31)37-12-26)13(2)8-15-16-10-18(27)17-9-14(29)6-7-22(17,3)24(16,28)19(35-36(32)33)11-23(15,25)4/h6-7,9,13,15-16,18-19H,5,8,10-12H2,1-4H3/p+1. The third-order valence-electron chi connectivity index (χ3n) is 9.41. The lowest BCUT2D eigenvalue weighted by Crippen LogP contribution is -2.71. The smallest absolute Gasteiger partial charge is 0.449 e. The molecule has 4 aliphatic rings. The number of hydrogen-bond acceptors (Lipinski definition) is 7. The molecule has 4 aliphatic carbocycles. The highest BCUT2D eigenvalue weighted by atomic mass is 32.2. The summed E-state index contributed by atoms with van der Waals surface area (Å²) in [5.41, 5.74) is -7.42. The predicted octanol–water partition coefficient (Wildman–Crippen LogP) is 5.10. The van der Waals surface area contributed by atoms with Gasteiger partial charge in [-0.25, -0.2) is 13.2 Å². The molecule has 1 N–H and O–H groups in total. The van der Waals surface area contributed by atoms with Gasteiger partial charge in [-0.3, -0.25) is 14.4 Å². The van der Waals surface area contributed by atoms with Crippen molar-refractivity contribution < 1.29 is 46.3 Å². The summed E-state index contributed by atoms with van der Waals surface area (Å²) in [6.45, 7) is 6.25. The zero-order valence-electron chi connectivity index (χ0n) is 21.0. The highest BCUT2D eigenvalue weighted by molar-refractivity contribution is 8.13. The van der Waals surface area contributed by atoms with Crippen LogP contribution in [0.2, 0.25) is 0 Å². The number of alkyl halides is 3. The van der Waals surface area contributed by atoms with Crippen molar-refractivity contribution in [1.82, 2.24) is 0 Å². The zero-order valence-corrected chi connectivity index (χ0v) is 22.8. The summed E-state index contributed by atoms with van der Waals surface area (Å²) in [7, 11) is -3.33. The van der Waals surface area contributed by atoms with E-state index in [2.05, 4.69) is 0 Å². The molecule has 10 atom stereocenters. The Labute approximate surface area is 218 Å². The van der Waals surface area contributed by atoms with E-state index in [1.165, 1.54) is 19.9 Å². The summed E-state index contributed by atoms with van der Waals surface area (Å²) in [6.07, 6.45) is -0.403. The number of ketones is 1. The van der Waals surface area contributed by atoms with Crippen molar-refractivity contribution in [3.63, 3.8) is 0 Å². The number of rotatable bonds is 6. The SMILES string of the molecule is CCC(=O)OC1(C(=O)SCF)C(C)CC2C3CC(F)C4=CC(=O)C=CC4(C)C3(F)C(O[P+](=O)O)CC21C. The van der Waals surface area contributed by atoms with Crippen LogP contribution in [0.15, 0.2) is 23.8 Å². The average Bonchev–Trinajstić information content (AvgIpc) is 3.04. The summed E-state index contributed by atoms with van der Waals surface area (Å²) in [4.78, 5) is 47.9. The van der Waals surface area contributed by atoms with Crippen molar-refractivity contribution in [2.75, 3.05) is 6.01 Å². The molecular weight excluding hydrogens is 532 g/mol. The Balaban J connectivity index is 1.94. The summed E-state index contributed by atoms with van der Waals surface area (Å²) in [6, 6.07) is -1.08. The molecular formula is C25H31F3O7PS+. The van der Waals surface area contributed by atoms with Crippen molar-refractivity contribution in [3.8, 4) is 0 Å². The predicted molar refractivity (Wildman–Crippen MR) is 130 cm³/mol. The Morgan fingerprint density at radius 2 is 1.95 bits per heavy atom. The monoisotopic (exact) mass is 563 g/mol. The fourth-order valence-corrected chi connectivity index (χ4v) is 9.05. The van der Waals surface area contributed by atoms with Crippen LogP contribution >= 0.6 is 20.0 Å². The highest BCUT2D eigenvalue weighted by Gasteiger charge is 2.79. The number of esters is 1. The zero-order chi connectivity index (χ0) is 27.6. The number of carbonyl (C=O) groups excluding carboxylic acids is 3. The number of ether oxygens (including phenoxy) is 1. The molecule has 3 saturated carbocycles. The van der Waals surface area contributed by atoms with E-state index in [1.54, 1.807) is 13.8 Å². The normalized spacial score (nSPS) is 44.9. The van der Waals surface area contributed by atoms with Crippen LogP contribution in [0.1, 0.15) is 53.4 Å². The first-order valence-corrected chi connectivity index (χ1v) is 14.4. The van der Waals surface area contributed by atoms with Gasteiger partial charge in [0.25, 0.3) is 0 Å². The number of hydrogen-bond donors (Lipinski definition) is 1. The minimum atomic E-state index is -3.33. The van der Waals surface area contributed by atoms with Crippen molar-refractivity contribution in [1.29, 1.82) is 0 Å². The van der Waals surface area contributed by atoms with Crippen LogP contribution < -0.4 is 0 Å². The van der Waals surface area contributed by atoms with Gasteiger partial charge in [0, 0.05) is 33.7 Å². The van der Waals surface area contributed by atoms with Crippen LogP contribution in [0.5, 0.6) is 0 Å². The number of allylic oxidation sites excluding steroid dienone is 4. The van der Waals surface area contributed by atoms with E-state index >= 15 is 8.78 Å². The minimum absolute atomic E-state index is 0.0668. The summed E-state index contributed by atoms with van der Waals surface area (Å²) in [5.74, 6) is -3.73. The number of halogens is 3. The number of thioether (sulfide) groups is 1. The molecule has 0 amide bonds. The topological polar surface area (TPSA) is 107 Å². The molecule has 0 saturated heterocycles. The van der Waals surface area contributed by atoms with E-state index in [0.717, 1.165) is 12.2 Å². The number of carbonyl (C=O) groups is 3.